The van der Waals surface area contributed by atoms with Crippen molar-refractivity contribution in [2.75, 3.05) is 13.1 Å². The molecule has 3 nitrogen and oxygen atoms in total. The van der Waals surface area contributed by atoms with Crippen LogP contribution in [0.5, 0.6) is 0 Å². The van der Waals surface area contributed by atoms with Gasteiger partial charge < -0.3 is 16.5 Å². The fourth-order valence-electron chi connectivity index (χ4n) is 0.590. The number of rotatable bonds is 5. The highest BCUT2D eigenvalue weighted by molar-refractivity contribution is 5.83. The smallest absolute Gasteiger partial charge is 0.0335 e. The van der Waals surface area contributed by atoms with Gasteiger partial charge in [0.15, 0.2) is 0 Å². The second kappa shape index (κ2) is 5.38. The predicted molar refractivity (Wildman–Crippen MR) is 44.5 cm³/mol. The zero-order chi connectivity index (χ0) is 7.98. The Labute approximate surface area is 62.5 Å². The zero-order valence-electron chi connectivity index (χ0n) is 6.78. The molecule has 0 bridgehead atoms. The van der Waals surface area contributed by atoms with Crippen molar-refractivity contribution in [1.82, 2.24) is 5.32 Å². The SMILES string of the molecule is CC(C)NCC(=N)CCN. The van der Waals surface area contributed by atoms with Gasteiger partial charge in [0.25, 0.3) is 0 Å². The summed E-state index contributed by atoms with van der Waals surface area (Å²) in [6.45, 7) is 5.39. The maximum absolute atomic E-state index is 7.34. The van der Waals surface area contributed by atoms with E-state index in [4.69, 9.17) is 11.1 Å². The minimum atomic E-state index is 0.457. The van der Waals surface area contributed by atoms with Crippen LogP contribution in [0.3, 0.4) is 0 Å². The maximum Gasteiger partial charge on any atom is 0.0335 e. The lowest BCUT2D eigenvalue weighted by Gasteiger charge is -2.07. The van der Waals surface area contributed by atoms with Crippen molar-refractivity contribution < 1.29 is 0 Å². The van der Waals surface area contributed by atoms with E-state index < -0.39 is 0 Å². The molecule has 0 atom stereocenters. The Morgan fingerprint density at radius 3 is 2.60 bits per heavy atom. The fraction of sp³-hybridized carbons (Fsp3) is 0.857. The van der Waals surface area contributed by atoms with Gasteiger partial charge in [0.1, 0.15) is 0 Å². The van der Waals surface area contributed by atoms with Crippen LogP contribution < -0.4 is 11.1 Å². The van der Waals surface area contributed by atoms with Gasteiger partial charge in [-0.05, 0) is 13.0 Å². The lowest BCUT2D eigenvalue weighted by atomic mass is 10.2. The quantitative estimate of drug-likeness (QED) is 0.486. The lowest BCUT2D eigenvalue weighted by Crippen LogP contribution is -2.29. The van der Waals surface area contributed by atoms with Gasteiger partial charge in [0, 0.05) is 18.3 Å². The van der Waals surface area contributed by atoms with E-state index in [1.165, 1.54) is 0 Å². The molecule has 0 aromatic carbocycles. The first-order valence-electron chi connectivity index (χ1n) is 3.66. The second-order valence-corrected chi connectivity index (χ2v) is 2.68. The van der Waals surface area contributed by atoms with Crippen LogP contribution in [0.1, 0.15) is 20.3 Å². The Kier molecular flexibility index (Phi) is 5.16. The molecule has 0 radical (unpaired) electrons. The molecular weight excluding hydrogens is 126 g/mol. The van der Waals surface area contributed by atoms with Gasteiger partial charge in [-0.15, -0.1) is 0 Å². The van der Waals surface area contributed by atoms with Crippen molar-refractivity contribution in [2.45, 2.75) is 26.3 Å². The molecule has 4 N–H and O–H groups in total. The van der Waals surface area contributed by atoms with Gasteiger partial charge in [-0.25, -0.2) is 0 Å². The van der Waals surface area contributed by atoms with Crippen LogP contribution in [0.2, 0.25) is 0 Å². The topological polar surface area (TPSA) is 61.9 Å². The van der Waals surface area contributed by atoms with Crippen LogP contribution in [0.25, 0.3) is 0 Å². The van der Waals surface area contributed by atoms with E-state index in [0.29, 0.717) is 31.3 Å². The largest absolute Gasteiger partial charge is 0.330 e. The molecule has 0 fully saturated rings. The molecule has 0 aliphatic carbocycles. The summed E-state index contributed by atoms with van der Waals surface area (Å²) in [6, 6.07) is 0.457. The zero-order valence-corrected chi connectivity index (χ0v) is 6.78. The van der Waals surface area contributed by atoms with Crippen LogP contribution in [-0.4, -0.2) is 24.8 Å². The first kappa shape index (κ1) is 9.59. The molecule has 0 amide bonds. The Morgan fingerprint density at radius 2 is 2.20 bits per heavy atom. The summed E-state index contributed by atoms with van der Waals surface area (Å²) in [6.07, 6.45) is 0.708. The fourth-order valence-corrected chi connectivity index (χ4v) is 0.590. The van der Waals surface area contributed by atoms with Crippen molar-refractivity contribution in [3.63, 3.8) is 0 Å². The summed E-state index contributed by atoms with van der Waals surface area (Å²) in [7, 11) is 0. The molecular formula is C7H17N3. The van der Waals surface area contributed by atoms with Gasteiger partial charge in [0.05, 0.1) is 0 Å². The van der Waals surface area contributed by atoms with Gasteiger partial charge >= 0.3 is 0 Å². The third kappa shape index (κ3) is 5.72. The Bertz CT molecular complexity index is 99.0. The highest BCUT2D eigenvalue weighted by Crippen LogP contribution is 1.80. The lowest BCUT2D eigenvalue weighted by molar-refractivity contribution is 0.638. The number of hydrogen-bond donors (Lipinski definition) is 3. The van der Waals surface area contributed by atoms with E-state index in [-0.39, 0.29) is 0 Å². The van der Waals surface area contributed by atoms with Crippen LogP contribution in [0.15, 0.2) is 0 Å². The third-order valence-corrected chi connectivity index (χ3v) is 1.17. The molecule has 0 saturated heterocycles. The molecule has 0 aromatic rings. The number of nitrogens with two attached hydrogens (primary N) is 1. The molecule has 0 aliphatic rings. The van der Waals surface area contributed by atoms with Crippen molar-refractivity contribution in [1.29, 1.82) is 5.41 Å². The van der Waals surface area contributed by atoms with Gasteiger partial charge in [-0.3, -0.25) is 0 Å². The molecule has 0 unspecified atom stereocenters. The highest BCUT2D eigenvalue weighted by atomic mass is 14.9. The van der Waals surface area contributed by atoms with Gasteiger partial charge in [0.2, 0.25) is 0 Å². The normalized spacial score (nSPS) is 10.4. The van der Waals surface area contributed by atoms with Crippen LogP contribution >= 0.6 is 0 Å². The van der Waals surface area contributed by atoms with E-state index in [2.05, 4.69) is 19.2 Å². The van der Waals surface area contributed by atoms with E-state index in [9.17, 15) is 0 Å². The van der Waals surface area contributed by atoms with Gasteiger partial charge in [-0.2, -0.15) is 0 Å². The number of hydrogen-bond acceptors (Lipinski definition) is 3. The van der Waals surface area contributed by atoms with Crippen LogP contribution in [-0.2, 0) is 0 Å². The summed E-state index contributed by atoms with van der Waals surface area (Å²) in [5.74, 6) is 0. The number of nitrogens with one attached hydrogen (secondary N) is 2. The Balaban J connectivity index is 3.22. The van der Waals surface area contributed by atoms with Crippen molar-refractivity contribution in [2.24, 2.45) is 5.73 Å². The first-order valence-corrected chi connectivity index (χ1v) is 3.66. The molecule has 3 heteroatoms. The Morgan fingerprint density at radius 1 is 1.60 bits per heavy atom. The average Bonchev–Trinajstić information content (AvgIpc) is 1.85. The highest BCUT2D eigenvalue weighted by Gasteiger charge is 1.95. The minimum absolute atomic E-state index is 0.457. The van der Waals surface area contributed by atoms with Crippen molar-refractivity contribution in [3.8, 4) is 0 Å². The monoisotopic (exact) mass is 143 g/mol. The molecule has 0 heterocycles. The van der Waals surface area contributed by atoms with Crippen molar-refractivity contribution in [3.05, 3.63) is 0 Å². The Hall–Kier alpha value is -0.410. The standard InChI is InChI=1S/C7H17N3/c1-6(2)10-5-7(9)3-4-8/h6,9-10H,3-5,8H2,1-2H3. The minimum Gasteiger partial charge on any atom is -0.330 e. The predicted octanol–water partition coefficient (Wildman–Crippen LogP) is 0.353. The van der Waals surface area contributed by atoms with E-state index in [1.807, 2.05) is 0 Å². The van der Waals surface area contributed by atoms with Crippen LogP contribution in [0.4, 0.5) is 0 Å². The van der Waals surface area contributed by atoms with Gasteiger partial charge in [-0.1, -0.05) is 13.8 Å². The van der Waals surface area contributed by atoms with Crippen molar-refractivity contribution >= 4 is 5.71 Å². The van der Waals surface area contributed by atoms with E-state index >= 15 is 0 Å². The molecule has 60 valence electrons. The molecule has 0 spiro atoms. The summed E-state index contributed by atoms with van der Waals surface area (Å²) in [5.41, 5.74) is 5.96. The van der Waals surface area contributed by atoms with E-state index in [0.717, 1.165) is 0 Å². The average molecular weight is 143 g/mol. The van der Waals surface area contributed by atoms with E-state index in [1.54, 1.807) is 0 Å². The maximum atomic E-state index is 7.34. The summed E-state index contributed by atoms with van der Waals surface area (Å²) >= 11 is 0. The molecule has 0 aliphatic heterocycles. The summed E-state index contributed by atoms with van der Waals surface area (Å²) in [5, 5.41) is 10.5. The molecule has 0 aromatic heterocycles. The summed E-state index contributed by atoms with van der Waals surface area (Å²) < 4.78 is 0. The second-order valence-electron chi connectivity index (χ2n) is 2.68. The van der Waals surface area contributed by atoms with Crippen LogP contribution in [0, 0.1) is 5.41 Å². The molecule has 10 heavy (non-hydrogen) atoms. The summed E-state index contributed by atoms with van der Waals surface area (Å²) in [4.78, 5) is 0. The third-order valence-electron chi connectivity index (χ3n) is 1.17. The molecule has 0 saturated carbocycles. The first-order chi connectivity index (χ1) is 4.66. The molecule has 0 rings (SSSR count).